The Morgan fingerprint density at radius 1 is 0.971 bits per heavy atom. The Bertz CT molecular complexity index is 1090. The number of carbonyl (C=O) groups is 1. The Labute approximate surface area is 209 Å². The van der Waals surface area contributed by atoms with E-state index < -0.39 is 17.5 Å². The van der Waals surface area contributed by atoms with Crippen LogP contribution in [0.3, 0.4) is 0 Å². The summed E-state index contributed by atoms with van der Waals surface area (Å²) >= 11 is 0. The van der Waals surface area contributed by atoms with Crippen LogP contribution in [-0.2, 0) is 4.79 Å². The van der Waals surface area contributed by atoms with Crippen molar-refractivity contribution in [2.75, 3.05) is 11.9 Å². The van der Waals surface area contributed by atoms with Crippen molar-refractivity contribution in [3.63, 3.8) is 0 Å². The second kappa shape index (κ2) is 8.69. The van der Waals surface area contributed by atoms with Gasteiger partial charge in [-0.3, -0.25) is 4.79 Å². The van der Waals surface area contributed by atoms with E-state index in [1.54, 1.807) is 0 Å². The van der Waals surface area contributed by atoms with Gasteiger partial charge in [0.15, 0.2) is 0 Å². The van der Waals surface area contributed by atoms with Crippen LogP contribution in [-0.4, -0.2) is 41.0 Å². The highest BCUT2D eigenvalue weighted by molar-refractivity contribution is 5.87. The second-order valence-electron chi connectivity index (χ2n) is 12.6. The third kappa shape index (κ3) is 4.30. The number of nitrogens with zero attached hydrogens (tertiary/aromatic N) is 1. The van der Waals surface area contributed by atoms with Crippen LogP contribution in [0.1, 0.15) is 78.6 Å². The van der Waals surface area contributed by atoms with Crippen molar-refractivity contribution in [1.82, 2.24) is 0 Å². The van der Waals surface area contributed by atoms with Crippen LogP contribution >= 0.6 is 0 Å². The summed E-state index contributed by atoms with van der Waals surface area (Å²) in [4.78, 5) is 14.1. The molecule has 0 radical (unpaired) electrons. The molecular weight excluding hydrogens is 438 g/mol. The minimum absolute atomic E-state index is 0.181. The lowest BCUT2D eigenvalue weighted by Crippen LogP contribution is -2.63. The number of benzene rings is 2. The number of ether oxygens (including phenoxy) is 1. The molecule has 0 spiro atoms. The molecule has 1 unspecified atom stereocenters. The van der Waals surface area contributed by atoms with Crippen LogP contribution in [0.25, 0.3) is 10.8 Å². The third-order valence-corrected chi connectivity index (χ3v) is 9.81. The molecule has 5 heteroatoms. The molecule has 5 nitrogen and oxygen atoms in total. The average Bonchev–Trinajstić information content (AvgIpc) is 2.83. The first-order chi connectivity index (χ1) is 16.5. The summed E-state index contributed by atoms with van der Waals surface area (Å²) in [6.07, 6.45) is 7.44. The fourth-order valence-electron chi connectivity index (χ4n) is 7.09. The van der Waals surface area contributed by atoms with Gasteiger partial charge in [0, 0.05) is 18.3 Å². The van der Waals surface area contributed by atoms with E-state index in [1.807, 2.05) is 0 Å². The number of hydrogen-bond acceptors (Lipinski definition) is 4. The molecule has 0 saturated heterocycles. The number of hydrogen-bond donors (Lipinski definition) is 2. The minimum atomic E-state index is -0.950. The number of aliphatic hydroxyl groups is 1. The summed E-state index contributed by atoms with van der Waals surface area (Å²) in [6, 6.07) is 12.9. The molecule has 2 aromatic carbocycles. The van der Waals surface area contributed by atoms with Crippen molar-refractivity contribution < 1.29 is 19.7 Å². The summed E-state index contributed by atoms with van der Waals surface area (Å²) in [5.41, 5.74) is 0.363. The van der Waals surface area contributed by atoms with Gasteiger partial charge < -0.3 is 19.8 Å². The molecule has 2 bridgehead atoms. The first-order valence-corrected chi connectivity index (χ1v) is 13.4. The SMILES string of the molecule is CN(c1ccc2cc(O[C@H]3CC[C@H](C(C)(C)C)CC3)ccc2c1)C12CCC(C(=O)O)(CC1)C(O)C2. The van der Waals surface area contributed by atoms with E-state index in [0.29, 0.717) is 30.8 Å². The molecule has 2 N–H and O–H groups in total. The maximum atomic E-state index is 11.9. The number of rotatable bonds is 5. The minimum Gasteiger partial charge on any atom is -0.490 e. The van der Waals surface area contributed by atoms with Gasteiger partial charge in [0.05, 0.1) is 17.6 Å². The molecule has 35 heavy (non-hydrogen) atoms. The van der Waals surface area contributed by atoms with Crippen molar-refractivity contribution in [3.8, 4) is 5.75 Å². The summed E-state index contributed by atoms with van der Waals surface area (Å²) in [7, 11) is 2.10. The maximum absolute atomic E-state index is 11.9. The molecule has 0 amide bonds. The van der Waals surface area contributed by atoms with Crippen LogP contribution in [0.15, 0.2) is 36.4 Å². The third-order valence-electron chi connectivity index (χ3n) is 9.81. The smallest absolute Gasteiger partial charge is 0.312 e. The number of carboxylic acids is 1. The second-order valence-corrected chi connectivity index (χ2v) is 12.6. The van der Waals surface area contributed by atoms with Gasteiger partial charge >= 0.3 is 5.97 Å². The van der Waals surface area contributed by atoms with E-state index in [-0.39, 0.29) is 5.54 Å². The highest BCUT2D eigenvalue weighted by Gasteiger charge is 2.59. The molecule has 0 aliphatic heterocycles. The Morgan fingerprint density at radius 3 is 2.20 bits per heavy atom. The van der Waals surface area contributed by atoms with Gasteiger partial charge in [0.2, 0.25) is 0 Å². The van der Waals surface area contributed by atoms with Crippen molar-refractivity contribution in [2.45, 2.75) is 96.3 Å². The summed E-state index contributed by atoms with van der Waals surface area (Å²) in [6.45, 7) is 7.05. The zero-order valence-electron chi connectivity index (χ0n) is 21.7. The van der Waals surface area contributed by atoms with Gasteiger partial charge in [-0.2, -0.15) is 0 Å². The Balaban J connectivity index is 1.28. The molecular formula is C30H41NO4. The molecule has 2 aromatic rings. The first-order valence-electron chi connectivity index (χ1n) is 13.4. The van der Waals surface area contributed by atoms with Gasteiger partial charge in [-0.1, -0.05) is 32.9 Å². The Morgan fingerprint density at radius 2 is 1.60 bits per heavy atom. The number of anilines is 1. The summed E-state index contributed by atoms with van der Waals surface area (Å²) in [5, 5.41) is 22.8. The van der Waals surface area contributed by atoms with E-state index in [2.05, 4.69) is 69.1 Å². The van der Waals surface area contributed by atoms with Gasteiger partial charge in [-0.05, 0) is 104 Å². The van der Waals surface area contributed by atoms with Gasteiger partial charge in [0.1, 0.15) is 5.75 Å². The fraction of sp³-hybridized carbons (Fsp3) is 0.633. The van der Waals surface area contributed by atoms with Gasteiger partial charge in [0.25, 0.3) is 0 Å². The summed E-state index contributed by atoms with van der Waals surface area (Å²) in [5.74, 6) is 0.889. The van der Waals surface area contributed by atoms with Crippen LogP contribution < -0.4 is 9.64 Å². The van der Waals surface area contributed by atoms with Gasteiger partial charge in [-0.15, -0.1) is 0 Å². The average molecular weight is 480 g/mol. The fourth-order valence-corrected chi connectivity index (χ4v) is 7.09. The van der Waals surface area contributed by atoms with Crippen LogP contribution in [0.5, 0.6) is 5.75 Å². The van der Waals surface area contributed by atoms with Crippen LogP contribution in [0.4, 0.5) is 5.69 Å². The monoisotopic (exact) mass is 479 g/mol. The van der Waals surface area contributed by atoms with Crippen molar-refractivity contribution in [2.24, 2.45) is 16.7 Å². The van der Waals surface area contributed by atoms with E-state index >= 15 is 0 Å². The van der Waals surface area contributed by atoms with Crippen LogP contribution in [0.2, 0.25) is 0 Å². The standard InChI is InChI=1S/C30H41NO4/c1-28(2,3)22-7-11-24(12-8-22)35-25-10-6-20-17-23(9-5-21(20)18-25)31(4)29-13-15-30(16-14-29,27(33)34)26(32)19-29/h5-6,9-10,17-18,22,24,26,32H,7-8,11-16,19H2,1-4H3,(H,33,34)/t22-,24-,26?,29?,30?. The molecule has 4 aliphatic carbocycles. The number of carboxylic acid groups (broad SMARTS) is 1. The quantitative estimate of drug-likeness (QED) is 0.519. The van der Waals surface area contributed by atoms with Crippen molar-refractivity contribution >= 4 is 22.4 Å². The highest BCUT2D eigenvalue weighted by Crippen LogP contribution is 2.55. The highest BCUT2D eigenvalue weighted by atomic mass is 16.5. The lowest BCUT2D eigenvalue weighted by Gasteiger charge is -2.57. The zero-order valence-corrected chi connectivity index (χ0v) is 21.7. The van der Waals surface area contributed by atoms with Gasteiger partial charge in [-0.25, -0.2) is 0 Å². The van der Waals surface area contributed by atoms with Crippen LogP contribution in [0, 0.1) is 16.7 Å². The molecule has 6 rings (SSSR count). The predicted octanol–water partition coefficient (Wildman–Crippen LogP) is 6.41. The van der Waals surface area contributed by atoms with E-state index in [1.165, 1.54) is 18.2 Å². The maximum Gasteiger partial charge on any atom is 0.312 e. The molecule has 1 atom stereocenters. The normalized spacial score (nSPS) is 33.0. The molecule has 4 aliphatic rings. The molecule has 0 heterocycles. The van der Waals surface area contributed by atoms with E-state index in [9.17, 15) is 15.0 Å². The topological polar surface area (TPSA) is 70.0 Å². The number of aliphatic carboxylic acids is 1. The zero-order chi connectivity index (χ0) is 25.0. The first kappa shape index (κ1) is 24.4. The molecule has 0 aromatic heterocycles. The van der Waals surface area contributed by atoms with E-state index in [0.717, 1.165) is 48.4 Å². The number of fused-ring (bicyclic) bond motifs is 4. The molecule has 4 fully saturated rings. The largest absolute Gasteiger partial charge is 0.490 e. The number of aliphatic hydroxyl groups excluding tert-OH is 1. The Hall–Kier alpha value is -2.27. The molecule has 4 saturated carbocycles. The van der Waals surface area contributed by atoms with Crippen molar-refractivity contribution in [3.05, 3.63) is 36.4 Å². The lowest BCUT2D eigenvalue weighted by molar-refractivity contribution is -0.170. The predicted molar refractivity (Wildman–Crippen MR) is 140 cm³/mol. The lowest BCUT2D eigenvalue weighted by atomic mass is 9.55. The summed E-state index contributed by atoms with van der Waals surface area (Å²) < 4.78 is 6.39. The van der Waals surface area contributed by atoms with E-state index in [4.69, 9.17) is 4.74 Å². The Kier molecular flexibility index (Phi) is 6.06. The molecule has 190 valence electrons. The van der Waals surface area contributed by atoms with Crippen molar-refractivity contribution in [1.29, 1.82) is 0 Å².